The summed E-state index contributed by atoms with van der Waals surface area (Å²) in [5, 5.41) is 9.83. The highest BCUT2D eigenvalue weighted by Gasteiger charge is 2.21. The largest absolute Gasteiger partial charge is 0.393 e. The fraction of sp³-hybridized carbons (Fsp3) is 1.00. The van der Waals surface area contributed by atoms with Crippen molar-refractivity contribution in [1.29, 1.82) is 0 Å². The van der Waals surface area contributed by atoms with E-state index >= 15 is 0 Å². The molecule has 86 valence electrons. The van der Waals surface area contributed by atoms with E-state index in [1.165, 1.54) is 12.8 Å². The second kappa shape index (κ2) is 6.41. The summed E-state index contributed by atoms with van der Waals surface area (Å²) in [6.07, 6.45) is 3.18. The van der Waals surface area contributed by atoms with Crippen LogP contribution in [-0.4, -0.2) is 36.2 Å². The quantitative estimate of drug-likeness (QED) is 0.714. The zero-order chi connectivity index (χ0) is 11.2. The first-order valence-corrected chi connectivity index (χ1v) is 5.74. The van der Waals surface area contributed by atoms with Crippen LogP contribution < -0.4 is 0 Å². The van der Waals surface area contributed by atoms with Crippen molar-refractivity contribution >= 4 is 0 Å². The van der Waals surface area contributed by atoms with Crippen LogP contribution in [0.5, 0.6) is 0 Å². The van der Waals surface area contributed by atoms with Crippen molar-refractivity contribution < 1.29 is 5.11 Å². The molecule has 0 rings (SSSR count). The smallest absolute Gasteiger partial charge is 0.0600 e. The van der Waals surface area contributed by atoms with Gasteiger partial charge in [-0.2, -0.15) is 0 Å². The lowest BCUT2D eigenvalue weighted by Gasteiger charge is -2.27. The Labute approximate surface area is 89.3 Å². The van der Waals surface area contributed by atoms with Crippen molar-refractivity contribution in [2.45, 2.75) is 53.1 Å². The molecular weight excluding hydrogens is 174 g/mol. The molecule has 1 atom stereocenters. The van der Waals surface area contributed by atoms with Gasteiger partial charge in [-0.05, 0) is 31.8 Å². The summed E-state index contributed by atoms with van der Waals surface area (Å²) in [5.74, 6) is 0. The van der Waals surface area contributed by atoms with E-state index in [1.54, 1.807) is 0 Å². The number of unbranched alkanes of at least 4 members (excludes halogenated alkanes) is 1. The predicted molar refractivity (Wildman–Crippen MR) is 62.5 cm³/mol. The molecule has 0 aromatic heterocycles. The van der Waals surface area contributed by atoms with Gasteiger partial charge in [0.1, 0.15) is 0 Å². The molecule has 1 N–H and O–H groups in total. The second-order valence-electron chi connectivity index (χ2n) is 5.33. The molecule has 0 aromatic carbocycles. The SMILES string of the molecule is CCCCN(C)CCC(O)C(C)(C)C. The molecular formula is C12H27NO. The molecule has 0 aliphatic carbocycles. The summed E-state index contributed by atoms with van der Waals surface area (Å²) in [7, 11) is 2.13. The standard InChI is InChI=1S/C12H27NO/c1-6-7-9-13(5)10-8-11(14)12(2,3)4/h11,14H,6-10H2,1-5H3. The van der Waals surface area contributed by atoms with E-state index in [0.29, 0.717) is 0 Å². The van der Waals surface area contributed by atoms with Crippen LogP contribution in [0.25, 0.3) is 0 Å². The Morgan fingerprint density at radius 1 is 1.21 bits per heavy atom. The third-order valence-corrected chi connectivity index (χ3v) is 2.68. The molecule has 1 unspecified atom stereocenters. The highest BCUT2D eigenvalue weighted by atomic mass is 16.3. The van der Waals surface area contributed by atoms with Gasteiger partial charge in [0, 0.05) is 6.54 Å². The van der Waals surface area contributed by atoms with Gasteiger partial charge >= 0.3 is 0 Å². The van der Waals surface area contributed by atoms with E-state index in [1.807, 2.05) is 0 Å². The van der Waals surface area contributed by atoms with Crippen molar-refractivity contribution in [2.24, 2.45) is 5.41 Å². The molecule has 0 fully saturated rings. The van der Waals surface area contributed by atoms with Crippen LogP contribution >= 0.6 is 0 Å². The topological polar surface area (TPSA) is 23.5 Å². The highest BCUT2D eigenvalue weighted by molar-refractivity contribution is 4.73. The van der Waals surface area contributed by atoms with Gasteiger partial charge in [0.2, 0.25) is 0 Å². The van der Waals surface area contributed by atoms with E-state index in [-0.39, 0.29) is 11.5 Å². The van der Waals surface area contributed by atoms with Gasteiger partial charge in [0.05, 0.1) is 6.10 Å². The van der Waals surface area contributed by atoms with Crippen LogP contribution in [0, 0.1) is 5.41 Å². The molecule has 0 bridgehead atoms. The molecule has 14 heavy (non-hydrogen) atoms. The lowest BCUT2D eigenvalue weighted by Crippen LogP contribution is -2.31. The molecule has 0 saturated carbocycles. The molecule has 2 nitrogen and oxygen atoms in total. The maximum Gasteiger partial charge on any atom is 0.0600 e. The maximum atomic E-state index is 9.83. The summed E-state index contributed by atoms with van der Waals surface area (Å²) in [5.41, 5.74) is 0.0194. The minimum atomic E-state index is -0.188. The zero-order valence-corrected chi connectivity index (χ0v) is 10.5. The molecule has 0 radical (unpaired) electrons. The Morgan fingerprint density at radius 3 is 2.21 bits per heavy atom. The number of aliphatic hydroxyl groups excluding tert-OH is 1. The highest BCUT2D eigenvalue weighted by Crippen LogP contribution is 2.21. The summed E-state index contributed by atoms with van der Waals surface area (Å²) in [6, 6.07) is 0. The molecule has 0 spiro atoms. The second-order valence-corrected chi connectivity index (χ2v) is 5.33. The van der Waals surface area contributed by atoms with Crippen LogP contribution in [0.3, 0.4) is 0 Å². The summed E-state index contributed by atoms with van der Waals surface area (Å²) < 4.78 is 0. The van der Waals surface area contributed by atoms with Crippen molar-refractivity contribution in [1.82, 2.24) is 4.90 Å². The molecule has 0 saturated heterocycles. The molecule has 0 aliphatic rings. The fourth-order valence-corrected chi connectivity index (χ4v) is 1.32. The summed E-state index contributed by atoms with van der Waals surface area (Å²) in [6.45, 7) is 10.6. The Balaban J connectivity index is 3.61. The normalized spacial score (nSPS) is 14.8. The van der Waals surface area contributed by atoms with Crippen LogP contribution in [0.1, 0.15) is 47.0 Å². The molecule has 0 aromatic rings. The van der Waals surface area contributed by atoms with E-state index in [0.717, 1.165) is 19.5 Å². The zero-order valence-electron chi connectivity index (χ0n) is 10.5. The van der Waals surface area contributed by atoms with Gasteiger partial charge in [-0.15, -0.1) is 0 Å². The first-order chi connectivity index (χ1) is 6.38. The average molecular weight is 201 g/mol. The van der Waals surface area contributed by atoms with Gasteiger partial charge in [-0.3, -0.25) is 0 Å². The van der Waals surface area contributed by atoms with Crippen LogP contribution in [0.4, 0.5) is 0 Å². The van der Waals surface area contributed by atoms with Gasteiger partial charge in [0.15, 0.2) is 0 Å². The Hall–Kier alpha value is -0.0800. The van der Waals surface area contributed by atoms with E-state index < -0.39 is 0 Å². The monoisotopic (exact) mass is 201 g/mol. The number of hydrogen-bond donors (Lipinski definition) is 1. The summed E-state index contributed by atoms with van der Waals surface area (Å²) in [4.78, 5) is 2.30. The number of hydrogen-bond acceptors (Lipinski definition) is 2. The lowest BCUT2D eigenvalue weighted by atomic mass is 9.87. The average Bonchev–Trinajstić information content (AvgIpc) is 2.09. The first-order valence-electron chi connectivity index (χ1n) is 5.74. The van der Waals surface area contributed by atoms with Crippen LogP contribution in [-0.2, 0) is 0 Å². The molecule has 0 amide bonds. The molecule has 2 heteroatoms. The fourth-order valence-electron chi connectivity index (χ4n) is 1.32. The predicted octanol–water partition coefficient (Wildman–Crippen LogP) is 2.52. The van der Waals surface area contributed by atoms with Gasteiger partial charge < -0.3 is 10.0 Å². The Kier molecular flexibility index (Phi) is 6.38. The Morgan fingerprint density at radius 2 is 1.79 bits per heavy atom. The van der Waals surface area contributed by atoms with E-state index in [9.17, 15) is 5.11 Å². The minimum absolute atomic E-state index is 0.0194. The van der Waals surface area contributed by atoms with Crippen molar-refractivity contribution in [2.75, 3.05) is 20.1 Å². The van der Waals surface area contributed by atoms with E-state index in [2.05, 4.69) is 39.6 Å². The van der Waals surface area contributed by atoms with Crippen molar-refractivity contribution in [3.63, 3.8) is 0 Å². The number of nitrogens with zero attached hydrogens (tertiary/aromatic N) is 1. The minimum Gasteiger partial charge on any atom is -0.393 e. The Bertz CT molecular complexity index is 140. The van der Waals surface area contributed by atoms with Gasteiger partial charge in [0.25, 0.3) is 0 Å². The third-order valence-electron chi connectivity index (χ3n) is 2.68. The molecule has 0 aliphatic heterocycles. The van der Waals surface area contributed by atoms with Crippen molar-refractivity contribution in [3.05, 3.63) is 0 Å². The third kappa shape index (κ3) is 6.39. The van der Waals surface area contributed by atoms with E-state index in [4.69, 9.17) is 0 Å². The lowest BCUT2D eigenvalue weighted by molar-refractivity contribution is 0.0478. The number of rotatable bonds is 6. The molecule has 0 heterocycles. The van der Waals surface area contributed by atoms with Gasteiger partial charge in [-0.25, -0.2) is 0 Å². The van der Waals surface area contributed by atoms with Crippen molar-refractivity contribution in [3.8, 4) is 0 Å². The summed E-state index contributed by atoms with van der Waals surface area (Å²) >= 11 is 0. The van der Waals surface area contributed by atoms with Gasteiger partial charge in [-0.1, -0.05) is 34.1 Å². The van der Waals surface area contributed by atoms with Crippen LogP contribution in [0.15, 0.2) is 0 Å². The first kappa shape index (κ1) is 13.9. The number of aliphatic hydroxyl groups is 1. The van der Waals surface area contributed by atoms with Crippen LogP contribution in [0.2, 0.25) is 0 Å². The maximum absolute atomic E-state index is 9.83.